The number of furan rings is 1. The van der Waals surface area contributed by atoms with E-state index < -0.39 is 0 Å². The van der Waals surface area contributed by atoms with Gasteiger partial charge in [-0.05, 0) is 31.4 Å². The number of hydrogen-bond donors (Lipinski definition) is 1. The second-order valence-corrected chi connectivity index (χ2v) is 7.83. The first-order valence-electron chi connectivity index (χ1n) is 9.51. The van der Waals surface area contributed by atoms with E-state index in [4.69, 9.17) is 8.83 Å². The normalized spacial score (nSPS) is 14.7. The summed E-state index contributed by atoms with van der Waals surface area (Å²) in [6, 6.07) is 5.54. The van der Waals surface area contributed by atoms with Crippen LogP contribution >= 0.6 is 11.3 Å². The number of amides is 1. The predicted molar refractivity (Wildman–Crippen MR) is 106 cm³/mol. The third kappa shape index (κ3) is 4.14. The molecule has 29 heavy (non-hydrogen) atoms. The Balaban J connectivity index is 1.38. The molecule has 0 aromatic carbocycles. The molecule has 150 valence electrons. The summed E-state index contributed by atoms with van der Waals surface area (Å²) in [4.78, 5) is 18.7. The van der Waals surface area contributed by atoms with Crippen LogP contribution in [0.15, 0.2) is 27.2 Å². The number of nitriles is 1. The van der Waals surface area contributed by atoms with Crippen LogP contribution in [0.3, 0.4) is 0 Å². The summed E-state index contributed by atoms with van der Waals surface area (Å²) in [5.74, 6) is 1.01. The van der Waals surface area contributed by atoms with Gasteiger partial charge >= 0.3 is 0 Å². The summed E-state index contributed by atoms with van der Waals surface area (Å²) in [6.45, 7) is 3.27. The molecule has 3 aromatic rings. The van der Waals surface area contributed by atoms with Gasteiger partial charge in [-0.25, -0.2) is 0 Å². The maximum Gasteiger partial charge on any atom is 0.266 e. The molecule has 0 spiro atoms. The van der Waals surface area contributed by atoms with Crippen molar-refractivity contribution in [2.24, 2.45) is 5.92 Å². The first-order valence-corrected chi connectivity index (χ1v) is 10.3. The molecule has 4 heterocycles. The quantitative estimate of drug-likeness (QED) is 0.653. The fraction of sp³-hybridized carbons (Fsp3) is 0.421. The Morgan fingerprint density at radius 3 is 2.93 bits per heavy atom. The van der Waals surface area contributed by atoms with Crippen molar-refractivity contribution in [2.45, 2.75) is 32.6 Å². The molecule has 9 nitrogen and oxygen atoms in total. The van der Waals surface area contributed by atoms with Crippen LogP contribution in [-0.4, -0.2) is 34.2 Å². The number of aryl methyl sites for hydroxylation is 1. The number of hydrogen-bond acceptors (Lipinski definition) is 9. The van der Waals surface area contributed by atoms with E-state index in [2.05, 4.69) is 33.5 Å². The predicted octanol–water partition coefficient (Wildman–Crippen LogP) is 3.47. The SMILES string of the molecule is CCCc1nnc(NC(=O)C2CCN(c3oc(-c4ccco4)nc3C#N)CC2)s1. The number of anilines is 2. The molecule has 3 aromatic heterocycles. The number of carbonyl (C=O) groups excluding carboxylic acids is 1. The van der Waals surface area contributed by atoms with Gasteiger partial charge in [0.05, 0.1) is 6.26 Å². The summed E-state index contributed by atoms with van der Waals surface area (Å²) in [5, 5.41) is 21.9. The van der Waals surface area contributed by atoms with E-state index in [-0.39, 0.29) is 23.4 Å². The van der Waals surface area contributed by atoms with Gasteiger partial charge in [-0.3, -0.25) is 4.79 Å². The summed E-state index contributed by atoms with van der Waals surface area (Å²) in [6.07, 6.45) is 4.68. The third-order valence-corrected chi connectivity index (χ3v) is 5.66. The van der Waals surface area contributed by atoms with Gasteiger partial charge in [0.15, 0.2) is 5.76 Å². The lowest BCUT2D eigenvalue weighted by molar-refractivity contribution is -0.120. The molecule has 0 atom stereocenters. The number of nitrogens with zero attached hydrogens (tertiary/aromatic N) is 5. The van der Waals surface area contributed by atoms with Crippen molar-refractivity contribution < 1.29 is 13.6 Å². The number of oxazole rings is 1. The number of aromatic nitrogens is 3. The van der Waals surface area contributed by atoms with Crippen LogP contribution in [-0.2, 0) is 11.2 Å². The van der Waals surface area contributed by atoms with Crippen LogP contribution in [0.4, 0.5) is 11.0 Å². The minimum Gasteiger partial charge on any atom is -0.459 e. The molecule has 4 rings (SSSR count). The molecule has 0 aliphatic carbocycles. The number of nitrogens with one attached hydrogen (secondary N) is 1. The Bertz CT molecular complexity index is 1010. The monoisotopic (exact) mass is 412 g/mol. The van der Waals surface area contributed by atoms with Crippen LogP contribution in [0.1, 0.15) is 36.9 Å². The van der Waals surface area contributed by atoms with Crippen molar-refractivity contribution in [3.63, 3.8) is 0 Å². The van der Waals surface area contributed by atoms with Gasteiger partial charge in [0.1, 0.15) is 11.1 Å². The molecule has 1 saturated heterocycles. The molecule has 1 aliphatic heterocycles. The average molecular weight is 412 g/mol. The van der Waals surface area contributed by atoms with Crippen molar-refractivity contribution >= 4 is 28.3 Å². The molecule has 10 heteroatoms. The van der Waals surface area contributed by atoms with Gasteiger partial charge in [0.25, 0.3) is 5.89 Å². The van der Waals surface area contributed by atoms with E-state index in [0.29, 0.717) is 42.7 Å². The topological polar surface area (TPSA) is 121 Å². The van der Waals surface area contributed by atoms with E-state index >= 15 is 0 Å². The Labute approximate surface area is 171 Å². The van der Waals surface area contributed by atoms with Crippen molar-refractivity contribution in [3.05, 3.63) is 29.1 Å². The maximum absolute atomic E-state index is 12.6. The molecule has 1 aliphatic rings. The van der Waals surface area contributed by atoms with Crippen LogP contribution in [0.2, 0.25) is 0 Å². The highest BCUT2D eigenvalue weighted by atomic mass is 32.1. The molecule has 0 saturated carbocycles. The number of rotatable bonds is 6. The van der Waals surface area contributed by atoms with Gasteiger partial charge in [0, 0.05) is 25.4 Å². The Kier molecular flexibility index (Phi) is 5.57. The van der Waals surface area contributed by atoms with Crippen molar-refractivity contribution in [1.29, 1.82) is 5.26 Å². The fourth-order valence-corrected chi connectivity index (χ4v) is 4.12. The molecule has 1 fully saturated rings. The van der Waals surface area contributed by atoms with Crippen LogP contribution in [0.5, 0.6) is 0 Å². The van der Waals surface area contributed by atoms with Gasteiger partial charge in [-0.1, -0.05) is 18.3 Å². The molecule has 0 unspecified atom stereocenters. The van der Waals surface area contributed by atoms with Crippen LogP contribution in [0, 0.1) is 17.2 Å². The Morgan fingerprint density at radius 2 is 2.24 bits per heavy atom. The van der Waals surface area contributed by atoms with E-state index in [0.717, 1.165) is 17.8 Å². The van der Waals surface area contributed by atoms with Gasteiger partial charge < -0.3 is 19.1 Å². The summed E-state index contributed by atoms with van der Waals surface area (Å²) < 4.78 is 11.1. The highest BCUT2D eigenvalue weighted by Gasteiger charge is 2.29. The zero-order chi connectivity index (χ0) is 20.2. The fourth-order valence-electron chi connectivity index (χ4n) is 3.28. The zero-order valence-corrected chi connectivity index (χ0v) is 16.7. The molecule has 1 amide bonds. The number of carbonyl (C=O) groups is 1. The van der Waals surface area contributed by atoms with E-state index in [9.17, 15) is 10.1 Å². The molecule has 0 radical (unpaired) electrons. The maximum atomic E-state index is 12.6. The van der Waals surface area contributed by atoms with E-state index in [1.165, 1.54) is 17.6 Å². The molecule has 0 bridgehead atoms. The smallest absolute Gasteiger partial charge is 0.266 e. The first-order chi connectivity index (χ1) is 14.2. The Hall–Kier alpha value is -3.19. The zero-order valence-electron chi connectivity index (χ0n) is 15.9. The number of piperidine rings is 1. The van der Waals surface area contributed by atoms with Crippen molar-refractivity contribution in [3.8, 4) is 17.7 Å². The Morgan fingerprint density at radius 1 is 1.41 bits per heavy atom. The summed E-state index contributed by atoms with van der Waals surface area (Å²) in [5.41, 5.74) is 0.219. The second-order valence-electron chi connectivity index (χ2n) is 6.76. The van der Waals surface area contributed by atoms with Crippen LogP contribution < -0.4 is 10.2 Å². The summed E-state index contributed by atoms with van der Waals surface area (Å²) in [7, 11) is 0. The minimum atomic E-state index is -0.122. The lowest BCUT2D eigenvalue weighted by Crippen LogP contribution is -2.38. The van der Waals surface area contributed by atoms with Gasteiger partial charge in [-0.2, -0.15) is 10.2 Å². The van der Waals surface area contributed by atoms with Crippen LogP contribution in [0.25, 0.3) is 11.7 Å². The largest absolute Gasteiger partial charge is 0.459 e. The van der Waals surface area contributed by atoms with Gasteiger partial charge in [-0.15, -0.1) is 10.2 Å². The highest BCUT2D eigenvalue weighted by Crippen LogP contribution is 2.31. The lowest BCUT2D eigenvalue weighted by Gasteiger charge is -2.30. The molecule has 1 N–H and O–H groups in total. The third-order valence-electron chi connectivity index (χ3n) is 4.76. The van der Waals surface area contributed by atoms with E-state index in [1.807, 2.05) is 4.90 Å². The van der Waals surface area contributed by atoms with E-state index in [1.54, 1.807) is 12.1 Å². The minimum absolute atomic E-state index is 0.0433. The first kappa shape index (κ1) is 19.1. The van der Waals surface area contributed by atoms with Crippen molar-refractivity contribution in [1.82, 2.24) is 15.2 Å². The second kappa shape index (κ2) is 8.45. The average Bonchev–Trinajstić information content (AvgIpc) is 3.49. The summed E-state index contributed by atoms with van der Waals surface area (Å²) >= 11 is 1.42. The lowest BCUT2D eigenvalue weighted by atomic mass is 9.96. The highest BCUT2D eigenvalue weighted by molar-refractivity contribution is 7.15. The molecular weight excluding hydrogens is 392 g/mol. The van der Waals surface area contributed by atoms with Crippen molar-refractivity contribution in [2.75, 3.05) is 23.3 Å². The van der Waals surface area contributed by atoms with Gasteiger partial charge in [0.2, 0.25) is 22.6 Å². The standard InChI is InChI=1S/C19H20N6O3S/c1-2-4-15-23-24-19(29-15)22-16(26)12-6-8-25(9-7-12)18-13(11-20)21-17(28-18)14-5-3-10-27-14/h3,5,10,12H,2,4,6-9H2,1H3,(H,22,24,26). The molecular formula is C19H20N6O3S.